The molecule has 0 unspecified atom stereocenters. The fourth-order valence-electron chi connectivity index (χ4n) is 4.72. The summed E-state index contributed by atoms with van der Waals surface area (Å²) in [6, 6.07) is 26.0. The van der Waals surface area contributed by atoms with Crippen molar-refractivity contribution in [1.29, 1.82) is 0 Å². The monoisotopic (exact) mass is 411 g/mol. The molecule has 0 aliphatic carbocycles. The first-order valence-corrected chi connectivity index (χ1v) is 11.1. The first-order valence-electron chi connectivity index (χ1n) is 11.1. The molecule has 5 rings (SSSR count). The molecule has 2 aliphatic heterocycles. The lowest BCUT2D eigenvalue weighted by molar-refractivity contribution is 0.00578. The Morgan fingerprint density at radius 3 is 1.90 bits per heavy atom. The quantitative estimate of drug-likeness (QED) is 0.476. The van der Waals surface area contributed by atoms with Crippen molar-refractivity contribution in [3.63, 3.8) is 0 Å². The van der Waals surface area contributed by atoms with Crippen LogP contribution in [0.4, 0.5) is 17.1 Å². The zero-order valence-electron chi connectivity index (χ0n) is 19.3. The first kappa shape index (κ1) is 20.4. The van der Waals surface area contributed by atoms with Gasteiger partial charge in [-0.1, -0.05) is 62.4 Å². The summed E-state index contributed by atoms with van der Waals surface area (Å²) in [6.45, 7) is 13.0. The topological polar surface area (TPSA) is 21.7 Å². The largest absolute Gasteiger partial charge is 0.494 e. The van der Waals surface area contributed by atoms with Crippen molar-refractivity contribution < 1.29 is 9.31 Å². The molecule has 2 aliphatic rings. The van der Waals surface area contributed by atoms with Crippen molar-refractivity contribution in [2.45, 2.75) is 58.2 Å². The Morgan fingerprint density at radius 1 is 0.645 bits per heavy atom. The lowest BCUT2D eigenvalue weighted by Gasteiger charge is -2.42. The highest BCUT2D eigenvalue weighted by Gasteiger charge is 2.52. The number of hydrogen-bond donors (Lipinski definition) is 0. The van der Waals surface area contributed by atoms with E-state index in [0.29, 0.717) is 0 Å². The van der Waals surface area contributed by atoms with E-state index in [-0.39, 0.29) is 23.7 Å². The predicted molar refractivity (Wildman–Crippen MR) is 129 cm³/mol. The third-order valence-corrected chi connectivity index (χ3v) is 7.29. The van der Waals surface area contributed by atoms with E-state index in [1.165, 1.54) is 22.5 Å². The van der Waals surface area contributed by atoms with Gasteiger partial charge < -0.3 is 14.2 Å². The summed E-state index contributed by atoms with van der Waals surface area (Å²) >= 11 is 0. The Morgan fingerprint density at radius 2 is 1.23 bits per heavy atom. The molecule has 3 aromatic rings. The van der Waals surface area contributed by atoms with E-state index < -0.39 is 0 Å². The van der Waals surface area contributed by atoms with Gasteiger partial charge in [0, 0.05) is 16.8 Å². The van der Waals surface area contributed by atoms with Gasteiger partial charge in [-0.25, -0.2) is 0 Å². The van der Waals surface area contributed by atoms with E-state index in [4.69, 9.17) is 9.31 Å². The van der Waals surface area contributed by atoms with Gasteiger partial charge in [0.2, 0.25) is 0 Å². The molecule has 0 spiro atoms. The van der Waals surface area contributed by atoms with Crippen LogP contribution in [-0.4, -0.2) is 18.3 Å². The molecule has 0 amide bonds. The summed E-state index contributed by atoms with van der Waals surface area (Å²) in [5.41, 5.74) is 6.40. The number of hydrogen-bond acceptors (Lipinski definition) is 3. The summed E-state index contributed by atoms with van der Waals surface area (Å²) in [6.07, 6.45) is 0. The minimum atomic E-state index is -0.381. The summed E-state index contributed by atoms with van der Waals surface area (Å²) in [5, 5.41) is 0. The second-order valence-electron chi connectivity index (χ2n) is 10.2. The van der Waals surface area contributed by atoms with Crippen molar-refractivity contribution >= 4 is 29.6 Å². The molecule has 0 saturated carbocycles. The maximum Gasteiger partial charge on any atom is 0.494 e. The van der Waals surface area contributed by atoms with Gasteiger partial charge in [0.05, 0.1) is 16.9 Å². The molecule has 158 valence electrons. The normalized spacial score (nSPS) is 20.3. The average Bonchev–Trinajstić information content (AvgIpc) is 2.96. The fraction of sp³-hybridized carbons (Fsp3) is 0.333. The van der Waals surface area contributed by atoms with Gasteiger partial charge in [0.15, 0.2) is 0 Å². The summed E-state index contributed by atoms with van der Waals surface area (Å²) in [4.78, 5) is 2.37. The summed E-state index contributed by atoms with van der Waals surface area (Å²) in [7, 11) is -0.381. The number of rotatable bonds is 2. The molecule has 3 nitrogen and oxygen atoms in total. The van der Waals surface area contributed by atoms with Crippen LogP contribution in [0.15, 0.2) is 72.8 Å². The van der Waals surface area contributed by atoms with Gasteiger partial charge in [0.25, 0.3) is 0 Å². The maximum absolute atomic E-state index is 6.36. The SMILES string of the molecule is CC1(C)c2ccccc2N(c2ccccc2)c2cc(B3OC(C)(C)C(C)(C)O3)ccc21. The van der Waals surface area contributed by atoms with Crippen LogP contribution in [0, 0.1) is 0 Å². The molecule has 31 heavy (non-hydrogen) atoms. The molecule has 1 fully saturated rings. The zero-order valence-corrected chi connectivity index (χ0v) is 19.3. The third-order valence-electron chi connectivity index (χ3n) is 7.29. The summed E-state index contributed by atoms with van der Waals surface area (Å²) in [5.74, 6) is 0. The number of fused-ring (bicyclic) bond motifs is 2. The third kappa shape index (κ3) is 3.04. The lowest BCUT2D eigenvalue weighted by atomic mass is 9.70. The number of anilines is 3. The van der Waals surface area contributed by atoms with Gasteiger partial charge in [-0.2, -0.15) is 0 Å². The van der Waals surface area contributed by atoms with Crippen LogP contribution in [0.1, 0.15) is 52.7 Å². The van der Waals surface area contributed by atoms with Gasteiger partial charge in [-0.3, -0.25) is 0 Å². The van der Waals surface area contributed by atoms with Crippen molar-refractivity contribution in [3.8, 4) is 0 Å². The molecular weight excluding hydrogens is 381 g/mol. The molecule has 1 saturated heterocycles. The van der Waals surface area contributed by atoms with Crippen LogP contribution in [-0.2, 0) is 14.7 Å². The van der Waals surface area contributed by atoms with E-state index in [2.05, 4.69) is 119 Å². The summed E-state index contributed by atoms with van der Waals surface area (Å²) < 4.78 is 12.7. The molecule has 0 bridgehead atoms. The van der Waals surface area contributed by atoms with Gasteiger partial charge in [-0.15, -0.1) is 0 Å². The Hall–Kier alpha value is -2.56. The van der Waals surface area contributed by atoms with Crippen LogP contribution in [0.5, 0.6) is 0 Å². The van der Waals surface area contributed by atoms with Crippen molar-refractivity contribution in [3.05, 3.63) is 83.9 Å². The Bertz CT molecular complexity index is 1120. The Labute approximate surface area is 186 Å². The van der Waals surface area contributed by atoms with Gasteiger partial charge >= 0.3 is 7.12 Å². The van der Waals surface area contributed by atoms with Gasteiger partial charge in [-0.05, 0) is 68.6 Å². The van der Waals surface area contributed by atoms with Crippen LogP contribution in [0.2, 0.25) is 0 Å². The standard InChI is InChI=1S/C27H30BNO2/c1-25(2)21-14-10-11-15-23(21)29(20-12-8-7-9-13-20)24-18-19(16-17-22(24)25)28-30-26(3,4)27(5,6)31-28/h7-18H,1-6H3. The van der Waals surface area contributed by atoms with Crippen LogP contribution >= 0.6 is 0 Å². The molecule has 2 heterocycles. The van der Waals surface area contributed by atoms with E-state index in [1.807, 2.05) is 0 Å². The molecule has 3 aromatic carbocycles. The maximum atomic E-state index is 6.36. The van der Waals surface area contributed by atoms with Gasteiger partial charge in [0.1, 0.15) is 0 Å². The van der Waals surface area contributed by atoms with E-state index >= 15 is 0 Å². The molecule has 0 N–H and O–H groups in total. The molecular formula is C27H30BNO2. The van der Waals surface area contributed by atoms with E-state index in [9.17, 15) is 0 Å². The highest BCUT2D eigenvalue weighted by Crippen LogP contribution is 2.51. The fourth-order valence-corrected chi connectivity index (χ4v) is 4.72. The second-order valence-corrected chi connectivity index (χ2v) is 10.2. The number of nitrogens with zero attached hydrogens (tertiary/aromatic N) is 1. The molecule has 0 aromatic heterocycles. The van der Waals surface area contributed by atoms with Crippen LogP contribution < -0.4 is 10.4 Å². The minimum absolute atomic E-state index is 0.105. The first-order chi connectivity index (χ1) is 14.6. The van der Waals surface area contributed by atoms with E-state index in [0.717, 1.165) is 11.2 Å². The lowest BCUT2D eigenvalue weighted by Crippen LogP contribution is -2.41. The van der Waals surface area contributed by atoms with Crippen molar-refractivity contribution in [2.75, 3.05) is 4.90 Å². The van der Waals surface area contributed by atoms with Crippen LogP contribution in [0.3, 0.4) is 0 Å². The second kappa shape index (κ2) is 6.72. The Balaban J connectivity index is 1.69. The Kier molecular flexibility index (Phi) is 4.41. The van der Waals surface area contributed by atoms with Crippen molar-refractivity contribution in [2.24, 2.45) is 0 Å². The highest BCUT2D eigenvalue weighted by molar-refractivity contribution is 6.62. The number of benzene rings is 3. The average molecular weight is 411 g/mol. The molecule has 0 radical (unpaired) electrons. The smallest absolute Gasteiger partial charge is 0.399 e. The number of para-hydroxylation sites is 2. The molecule has 0 atom stereocenters. The van der Waals surface area contributed by atoms with Crippen molar-refractivity contribution in [1.82, 2.24) is 0 Å². The minimum Gasteiger partial charge on any atom is -0.399 e. The van der Waals surface area contributed by atoms with E-state index in [1.54, 1.807) is 0 Å². The zero-order chi connectivity index (χ0) is 22.0. The van der Waals surface area contributed by atoms with Crippen LogP contribution in [0.25, 0.3) is 0 Å². The molecule has 4 heteroatoms. The predicted octanol–water partition coefficient (Wildman–Crippen LogP) is 6.09. The highest BCUT2D eigenvalue weighted by atomic mass is 16.7.